The Morgan fingerprint density at radius 2 is 2.50 bits per heavy atom. The summed E-state index contributed by atoms with van der Waals surface area (Å²) in [6, 6.07) is 1.82. The van der Waals surface area contributed by atoms with Crippen molar-refractivity contribution in [2.45, 2.75) is 6.92 Å². The summed E-state index contributed by atoms with van der Waals surface area (Å²) in [5.74, 6) is -0.313. The minimum absolute atomic E-state index is 0.313. The number of nitrogens with one attached hydrogen (secondary N) is 1. The maximum atomic E-state index is 11.4. The SMILES string of the molecule is CCOC(=O)c1c[nH]c2ccncc12. The van der Waals surface area contributed by atoms with E-state index in [0.29, 0.717) is 12.2 Å². The molecule has 0 saturated heterocycles. The summed E-state index contributed by atoms with van der Waals surface area (Å²) < 4.78 is 4.91. The number of ether oxygens (including phenoxy) is 1. The highest BCUT2D eigenvalue weighted by Gasteiger charge is 2.11. The van der Waals surface area contributed by atoms with Crippen molar-refractivity contribution in [1.82, 2.24) is 9.97 Å². The number of aromatic amines is 1. The number of hydrogen-bond acceptors (Lipinski definition) is 3. The van der Waals surface area contributed by atoms with Crippen molar-refractivity contribution in [3.05, 3.63) is 30.2 Å². The van der Waals surface area contributed by atoms with Crippen LogP contribution in [-0.2, 0) is 4.74 Å². The normalized spacial score (nSPS) is 10.4. The van der Waals surface area contributed by atoms with Crippen LogP contribution >= 0.6 is 0 Å². The van der Waals surface area contributed by atoms with Gasteiger partial charge in [0.2, 0.25) is 0 Å². The van der Waals surface area contributed by atoms with Gasteiger partial charge in [0.25, 0.3) is 0 Å². The van der Waals surface area contributed by atoms with E-state index < -0.39 is 0 Å². The van der Waals surface area contributed by atoms with E-state index in [-0.39, 0.29) is 5.97 Å². The van der Waals surface area contributed by atoms with Crippen LogP contribution in [0.3, 0.4) is 0 Å². The zero-order chi connectivity index (χ0) is 9.97. The number of rotatable bonds is 2. The van der Waals surface area contributed by atoms with E-state index in [1.807, 2.05) is 6.07 Å². The van der Waals surface area contributed by atoms with Gasteiger partial charge in [0.15, 0.2) is 0 Å². The Bertz CT molecular complexity index is 462. The van der Waals surface area contributed by atoms with Crippen LogP contribution in [0.2, 0.25) is 0 Å². The van der Waals surface area contributed by atoms with E-state index in [9.17, 15) is 4.79 Å². The van der Waals surface area contributed by atoms with Crippen LogP contribution in [0.15, 0.2) is 24.7 Å². The van der Waals surface area contributed by atoms with Gasteiger partial charge in [-0.25, -0.2) is 4.79 Å². The quantitative estimate of drug-likeness (QED) is 0.734. The standard InChI is InChI=1S/C10H10N2O2/c1-2-14-10(13)8-6-12-9-3-4-11-5-7(8)9/h3-6,12H,2H2,1H3. The Kier molecular flexibility index (Phi) is 2.18. The van der Waals surface area contributed by atoms with Gasteiger partial charge >= 0.3 is 5.97 Å². The van der Waals surface area contributed by atoms with Crippen molar-refractivity contribution in [3.8, 4) is 0 Å². The van der Waals surface area contributed by atoms with Crippen molar-refractivity contribution in [1.29, 1.82) is 0 Å². The minimum Gasteiger partial charge on any atom is -0.462 e. The second kappa shape index (κ2) is 3.49. The first kappa shape index (κ1) is 8.74. The zero-order valence-corrected chi connectivity index (χ0v) is 7.78. The molecule has 0 aliphatic heterocycles. The summed E-state index contributed by atoms with van der Waals surface area (Å²) in [6.45, 7) is 2.16. The summed E-state index contributed by atoms with van der Waals surface area (Å²) in [7, 11) is 0. The predicted octanol–water partition coefficient (Wildman–Crippen LogP) is 1.74. The van der Waals surface area contributed by atoms with E-state index in [1.165, 1.54) is 0 Å². The van der Waals surface area contributed by atoms with E-state index in [0.717, 1.165) is 10.9 Å². The second-order valence-electron chi connectivity index (χ2n) is 2.84. The molecule has 0 bridgehead atoms. The molecule has 0 unspecified atom stereocenters. The summed E-state index contributed by atoms with van der Waals surface area (Å²) in [4.78, 5) is 18.4. The molecule has 14 heavy (non-hydrogen) atoms. The highest BCUT2D eigenvalue weighted by molar-refractivity contribution is 6.03. The molecular weight excluding hydrogens is 180 g/mol. The van der Waals surface area contributed by atoms with Gasteiger partial charge in [0, 0.05) is 29.5 Å². The summed E-state index contributed by atoms with van der Waals surface area (Å²) in [5.41, 5.74) is 1.43. The molecule has 2 rings (SSSR count). The Labute approximate surface area is 80.9 Å². The smallest absolute Gasteiger partial charge is 0.340 e. The molecule has 4 nitrogen and oxygen atoms in total. The van der Waals surface area contributed by atoms with Gasteiger partial charge in [0.05, 0.1) is 12.2 Å². The van der Waals surface area contributed by atoms with E-state index in [1.54, 1.807) is 25.5 Å². The van der Waals surface area contributed by atoms with Crippen LogP contribution in [0, 0.1) is 0 Å². The van der Waals surface area contributed by atoms with Crippen LogP contribution < -0.4 is 0 Å². The Morgan fingerprint density at radius 1 is 1.64 bits per heavy atom. The molecule has 1 N–H and O–H groups in total. The number of carbonyl (C=O) groups is 1. The summed E-state index contributed by atoms with van der Waals surface area (Å²) in [6.07, 6.45) is 4.97. The fourth-order valence-corrected chi connectivity index (χ4v) is 1.34. The van der Waals surface area contributed by atoms with Gasteiger partial charge < -0.3 is 9.72 Å². The average molecular weight is 190 g/mol. The van der Waals surface area contributed by atoms with Crippen molar-refractivity contribution in [2.24, 2.45) is 0 Å². The maximum absolute atomic E-state index is 11.4. The lowest BCUT2D eigenvalue weighted by Crippen LogP contribution is -2.03. The average Bonchev–Trinajstić information content (AvgIpc) is 2.61. The van der Waals surface area contributed by atoms with Crippen LogP contribution in [-0.4, -0.2) is 22.5 Å². The lowest BCUT2D eigenvalue weighted by Gasteiger charge is -1.98. The van der Waals surface area contributed by atoms with Crippen molar-refractivity contribution < 1.29 is 9.53 Å². The van der Waals surface area contributed by atoms with Gasteiger partial charge in [-0.15, -0.1) is 0 Å². The first-order valence-electron chi connectivity index (χ1n) is 4.41. The Morgan fingerprint density at radius 3 is 3.29 bits per heavy atom. The maximum Gasteiger partial charge on any atom is 0.340 e. The first-order valence-corrected chi connectivity index (χ1v) is 4.41. The van der Waals surface area contributed by atoms with Gasteiger partial charge in [-0.2, -0.15) is 0 Å². The van der Waals surface area contributed by atoms with Crippen molar-refractivity contribution in [3.63, 3.8) is 0 Å². The van der Waals surface area contributed by atoms with Crippen LogP contribution in [0.4, 0.5) is 0 Å². The highest BCUT2D eigenvalue weighted by Crippen LogP contribution is 2.16. The van der Waals surface area contributed by atoms with E-state index in [4.69, 9.17) is 4.74 Å². The third-order valence-electron chi connectivity index (χ3n) is 1.98. The molecule has 0 amide bonds. The zero-order valence-electron chi connectivity index (χ0n) is 7.78. The fourth-order valence-electron chi connectivity index (χ4n) is 1.34. The van der Waals surface area contributed by atoms with E-state index >= 15 is 0 Å². The lowest BCUT2D eigenvalue weighted by atomic mass is 10.2. The van der Waals surface area contributed by atoms with Gasteiger partial charge in [-0.3, -0.25) is 4.98 Å². The molecule has 72 valence electrons. The van der Waals surface area contributed by atoms with Crippen LogP contribution in [0.1, 0.15) is 17.3 Å². The largest absolute Gasteiger partial charge is 0.462 e. The number of fused-ring (bicyclic) bond motifs is 1. The molecule has 0 aliphatic carbocycles. The molecular formula is C10H10N2O2. The van der Waals surface area contributed by atoms with Crippen LogP contribution in [0.5, 0.6) is 0 Å². The third kappa shape index (κ3) is 1.35. The number of esters is 1. The van der Waals surface area contributed by atoms with Gasteiger partial charge in [0.1, 0.15) is 0 Å². The number of H-pyrrole nitrogens is 1. The van der Waals surface area contributed by atoms with Crippen molar-refractivity contribution >= 4 is 16.9 Å². The third-order valence-corrected chi connectivity index (χ3v) is 1.98. The summed E-state index contributed by atoms with van der Waals surface area (Å²) >= 11 is 0. The molecule has 2 aromatic rings. The van der Waals surface area contributed by atoms with Crippen LogP contribution in [0.25, 0.3) is 10.9 Å². The molecule has 0 aliphatic rings. The molecule has 2 heterocycles. The Balaban J connectivity index is 2.47. The van der Waals surface area contributed by atoms with E-state index in [2.05, 4.69) is 9.97 Å². The van der Waals surface area contributed by atoms with Crippen molar-refractivity contribution in [2.75, 3.05) is 6.61 Å². The number of pyridine rings is 1. The Hall–Kier alpha value is -1.84. The number of hydrogen-bond donors (Lipinski definition) is 1. The highest BCUT2D eigenvalue weighted by atomic mass is 16.5. The molecule has 0 fully saturated rings. The fraction of sp³-hybridized carbons (Fsp3) is 0.200. The number of nitrogens with zero attached hydrogens (tertiary/aromatic N) is 1. The molecule has 0 spiro atoms. The lowest BCUT2D eigenvalue weighted by molar-refractivity contribution is 0.0528. The molecule has 0 saturated carbocycles. The first-order chi connectivity index (χ1) is 6.83. The van der Waals surface area contributed by atoms with Gasteiger partial charge in [-0.1, -0.05) is 0 Å². The summed E-state index contributed by atoms with van der Waals surface area (Å²) in [5, 5.41) is 0.797. The predicted molar refractivity (Wildman–Crippen MR) is 52.1 cm³/mol. The molecule has 4 heteroatoms. The molecule has 0 radical (unpaired) electrons. The minimum atomic E-state index is -0.313. The molecule has 2 aromatic heterocycles. The molecule has 0 aromatic carbocycles. The second-order valence-corrected chi connectivity index (χ2v) is 2.84. The number of carbonyl (C=O) groups excluding carboxylic acids is 1. The van der Waals surface area contributed by atoms with Gasteiger partial charge in [-0.05, 0) is 13.0 Å². The molecule has 0 atom stereocenters. The topological polar surface area (TPSA) is 55.0 Å². The monoisotopic (exact) mass is 190 g/mol. The number of aromatic nitrogens is 2.